The number of nitrogen functional groups attached to an aromatic ring is 1. The summed E-state index contributed by atoms with van der Waals surface area (Å²) in [7, 11) is 0. The Hall–Kier alpha value is -1.78. The molecular weight excluding hydrogens is 208 g/mol. The molecule has 88 valence electrons. The lowest BCUT2D eigenvalue weighted by Crippen LogP contribution is -2.14. The van der Waals surface area contributed by atoms with E-state index < -0.39 is 4.92 Å². The van der Waals surface area contributed by atoms with Gasteiger partial charge < -0.3 is 10.5 Å². The van der Waals surface area contributed by atoms with Gasteiger partial charge in [-0.25, -0.2) is 0 Å². The van der Waals surface area contributed by atoms with E-state index in [0.717, 1.165) is 12.8 Å². The molecule has 0 aliphatic carbocycles. The first-order chi connectivity index (χ1) is 7.58. The van der Waals surface area contributed by atoms with Gasteiger partial charge in [-0.2, -0.15) is 0 Å². The van der Waals surface area contributed by atoms with Crippen LogP contribution in [0.25, 0.3) is 0 Å². The van der Waals surface area contributed by atoms with E-state index in [4.69, 9.17) is 10.5 Å². The molecule has 2 N–H and O–H groups in total. The zero-order chi connectivity index (χ0) is 12.1. The van der Waals surface area contributed by atoms with Crippen LogP contribution in [0, 0.1) is 10.1 Å². The second-order valence-electron chi connectivity index (χ2n) is 3.54. The molecule has 0 radical (unpaired) electrons. The summed E-state index contributed by atoms with van der Waals surface area (Å²) < 4.78 is 5.60. The molecule has 16 heavy (non-hydrogen) atoms. The number of benzene rings is 1. The van der Waals surface area contributed by atoms with Crippen molar-refractivity contribution in [2.45, 2.75) is 32.8 Å². The normalized spacial score (nSPS) is 10.4. The van der Waals surface area contributed by atoms with Gasteiger partial charge in [-0.3, -0.25) is 10.1 Å². The lowest BCUT2D eigenvalue weighted by molar-refractivity contribution is -0.384. The lowest BCUT2D eigenvalue weighted by Gasteiger charge is -2.16. The van der Waals surface area contributed by atoms with Gasteiger partial charge in [-0.15, -0.1) is 0 Å². The minimum atomic E-state index is -0.459. The second kappa shape index (κ2) is 5.34. The predicted molar refractivity (Wildman–Crippen MR) is 62.5 cm³/mol. The Balaban J connectivity index is 2.93. The zero-order valence-electron chi connectivity index (χ0n) is 9.47. The van der Waals surface area contributed by atoms with Crippen LogP contribution in [0.3, 0.4) is 0 Å². The Morgan fingerprint density at radius 2 is 2.06 bits per heavy atom. The number of nitrogens with two attached hydrogens (primary N) is 1. The van der Waals surface area contributed by atoms with Crippen molar-refractivity contribution in [3.8, 4) is 5.75 Å². The number of nitro groups is 1. The second-order valence-corrected chi connectivity index (χ2v) is 3.54. The van der Waals surface area contributed by atoms with Gasteiger partial charge in [0.15, 0.2) is 0 Å². The van der Waals surface area contributed by atoms with Crippen molar-refractivity contribution in [3.05, 3.63) is 28.3 Å². The Morgan fingerprint density at radius 3 is 2.56 bits per heavy atom. The summed E-state index contributed by atoms with van der Waals surface area (Å²) in [5.74, 6) is 0.392. The molecule has 0 aliphatic rings. The number of hydrogen-bond acceptors (Lipinski definition) is 4. The molecule has 0 heterocycles. The molecule has 0 saturated carbocycles. The van der Waals surface area contributed by atoms with E-state index in [2.05, 4.69) is 0 Å². The fourth-order valence-corrected chi connectivity index (χ4v) is 1.37. The number of ether oxygens (including phenoxy) is 1. The molecule has 0 atom stereocenters. The van der Waals surface area contributed by atoms with E-state index in [1.165, 1.54) is 18.2 Å². The highest BCUT2D eigenvalue weighted by atomic mass is 16.6. The minimum absolute atomic E-state index is 0.00449. The quantitative estimate of drug-likeness (QED) is 0.474. The number of nitrogens with zero attached hydrogens (tertiary/aromatic N) is 1. The number of nitro benzene ring substituents is 1. The minimum Gasteiger partial charge on any atom is -0.488 e. The maximum Gasteiger partial charge on any atom is 0.273 e. The van der Waals surface area contributed by atoms with Gasteiger partial charge >= 0.3 is 0 Å². The van der Waals surface area contributed by atoms with Crippen molar-refractivity contribution in [1.82, 2.24) is 0 Å². The topological polar surface area (TPSA) is 78.4 Å². The van der Waals surface area contributed by atoms with E-state index in [1.807, 2.05) is 13.8 Å². The molecule has 1 aromatic carbocycles. The molecule has 1 aromatic rings. The summed E-state index contributed by atoms with van der Waals surface area (Å²) in [6, 6.07) is 4.23. The van der Waals surface area contributed by atoms with Crippen LogP contribution in [-0.4, -0.2) is 11.0 Å². The number of anilines is 1. The molecular formula is C11H16N2O3. The summed E-state index contributed by atoms with van der Waals surface area (Å²) >= 11 is 0. The van der Waals surface area contributed by atoms with Crippen LogP contribution >= 0.6 is 0 Å². The summed E-state index contributed by atoms with van der Waals surface area (Å²) in [6.07, 6.45) is 1.74. The van der Waals surface area contributed by atoms with E-state index >= 15 is 0 Å². The van der Waals surface area contributed by atoms with Crippen molar-refractivity contribution >= 4 is 11.4 Å². The van der Waals surface area contributed by atoms with Gasteiger partial charge in [0, 0.05) is 6.07 Å². The van der Waals surface area contributed by atoms with Gasteiger partial charge in [-0.05, 0) is 18.9 Å². The van der Waals surface area contributed by atoms with Crippen LogP contribution in [0.15, 0.2) is 18.2 Å². The molecule has 5 nitrogen and oxygen atoms in total. The predicted octanol–water partition coefficient (Wildman–Crippen LogP) is 2.74. The Morgan fingerprint density at radius 1 is 1.44 bits per heavy atom. The first-order valence-corrected chi connectivity index (χ1v) is 5.29. The van der Waals surface area contributed by atoms with Gasteiger partial charge in [0.2, 0.25) is 0 Å². The standard InChI is InChI=1S/C11H16N2O3/c1-3-9(4-2)16-11-7-8(13(14)15)5-6-10(11)12/h5-7,9H,3-4,12H2,1-2H3. The van der Waals surface area contributed by atoms with E-state index in [-0.39, 0.29) is 11.8 Å². The summed E-state index contributed by atoms with van der Waals surface area (Å²) in [4.78, 5) is 10.1. The Labute approximate surface area is 94.4 Å². The first-order valence-electron chi connectivity index (χ1n) is 5.29. The molecule has 0 aliphatic heterocycles. The van der Waals surface area contributed by atoms with Crippen molar-refractivity contribution < 1.29 is 9.66 Å². The van der Waals surface area contributed by atoms with Gasteiger partial charge in [0.05, 0.1) is 22.8 Å². The smallest absolute Gasteiger partial charge is 0.273 e. The number of rotatable bonds is 5. The highest BCUT2D eigenvalue weighted by molar-refractivity contribution is 5.57. The van der Waals surface area contributed by atoms with Crippen molar-refractivity contribution in [1.29, 1.82) is 0 Å². The molecule has 0 spiro atoms. The summed E-state index contributed by atoms with van der Waals surface area (Å²) in [5.41, 5.74) is 6.12. The third kappa shape index (κ3) is 2.85. The molecule has 0 aromatic heterocycles. The van der Waals surface area contributed by atoms with E-state index in [9.17, 15) is 10.1 Å². The maximum absolute atomic E-state index is 10.6. The first kappa shape index (κ1) is 12.3. The molecule has 1 rings (SSSR count). The highest BCUT2D eigenvalue weighted by Gasteiger charge is 2.13. The lowest BCUT2D eigenvalue weighted by atomic mass is 10.2. The largest absolute Gasteiger partial charge is 0.488 e. The maximum atomic E-state index is 10.6. The molecule has 0 bridgehead atoms. The molecule has 0 amide bonds. The Bertz CT molecular complexity index is 375. The SMILES string of the molecule is CCC(CC)Oc1cc([N+](=O)[O-])ccc1N. The van der Waals surface area contributed by atoms with Crippen molar-refractivity contribution in [2.75, 3.05) is 5.73 Å². The van der Waals surface area contributed by atoms with Crippen LogP contribution in [0.1, 0.15) is 26.7 Å². The van der Waals surface area contributed by atoms with E-state index in [1.54, 1.807) is 0 Å². The third-order valence-corrected chi connectivity index (χ3v) is 2.41. The zero-order valence-corrected chi connectivity index (χ0v) is 9.47. The average molecular weight is 224 g/mol. The summed E-state index contributed by atoms with van der Waals surface area (Å²) in [5, 5.41) is 10.6. The van der Waals surface area contributed by atoms with E-state index in [0.29, 0.717) is 11.4 Å². The van der Waals surface area contributed by atoms with Crippen molar-refractivity contribution in [2.24, 2.45) is 0 Å². The third-order valence-electron chi connectivity index (χ3n) is 2.41. The van der Waals surface area contributed by atoms with Crippen LogP contribution in [0.5, 0.6) is 5.75 Å². The molecule has 0 fully saturated rings. The van der Waals surface area contributed by atoms with Crippen LogP contribution < -0.4 is 10.5 Å². The molecule has 0 unspecified atom stereocenters. The fourth-order valence-electron chi connectivity index (χ4n) is 1.37. The highest BCUT2D eigenvalue weighted by Crippen LogP contribution is 2.28. The van der Waals surface area contributed by atoms with Crippen LogP contribution in [-0.2, 0) is 0 Å². The van der Waals surface area contributed by atoms with Crippen molar-refractivity contribution in [3.63, 3.8) is 0 Å². The fraction of sp³-hybridized carbons (Fsp3) is 0.455. The molecule has 0 saturated heterocycles. The monoisotopic (exact) mass is 224 g/mol. The Kier molecular flexibility index (Phi) is 4.10. The average Bonchev–Trinajstić information content (AvgIpc) is 2.27. The van der Waals surface area contributed by atoms with Crippen LogP contribution in [0.2, 0.25) is 0 Å². The molecule has 5 heteroatoms. The summed E-state index contributed by atoms with van der Waals surface area (Å²) in [6.45, 7) is 4.00. The van der Waals surface area contributed by atoms with Gasteiger partial charge in [-0.1, -0.05) is 13.8 Å². The number of non-ortho nitro benzene ring substituents is 1. The number of hydrogen-bond donors (Lipinski definition) is 1. The van der Waals surface area contributed by atoms with Gasteiger partial charge in [0.1, 0.15) is 5.75 Å². The van der Waals surface area contributed by atoms with Crippen LogP contribution in [0.4, 0.5) is 11.4 Å². The van der Waals surface area contributed by atoms with Gasteiger partial charge in [0.25, 0.3) is 5.69 Å².